The predicted octanol–water partition coefficient (Wildman–Crippen LogP) is 5.00. The van der Waals surface area contributed by atoms with E-state index in [0.29, 0.717) is 12.5 Å². The third kappa shape index (κ3) is 4.40. The van der Waals surface area contributed by atoms with Gasteiger partial charge in [0, 0.05) is 17.8 Å². The smallest absolute Gasteiger partial charge is 0.123 e. The van der Waals surface area contributed by atoms with Gasteiger partial charge in [-0.25, -0.2) is 0 Å². The van der Waals surface area contributed by atoms with E-state index < -0.39 is 0 Å². The molecular formula is C18H22ClNO. The van der Waals surface area contributed by atoms with Crippen LogP contribution in [-0.4, -0.2) is 6.61 Å². The molecule has 0 aliphatic rings. The first kappa shape index (κ1) is 15.7. The number of hydrogen-bond donors (Lipinski definition) is 1. The summed E-state index contributed by atoms with van der Waals surface area (Å²) in [6.07, 6.45) is 1.08. The third-order valence-corrected chi connectivity index (χ3v) is 3.72. The summed E-state index contributed by atoms with van der Waals surface area (Å²) in [4.78, 5) is 0. The van der Waals surface area contributed by atoms with Gasteiger partial charge in [-0.15, -0.1) is 11.6 Å². The van der Waals surface area contributed by atoms with Gasteiger partial charge in [0.15, 0.2) is 0 Å². The molecular weight excluding hydrogens is 282 g/mol. The van der Waals surface area contributed by atoms with Gasteiger partial charge in [-0.2, -0.15) is 0 Å². The van der Waals surface area contributed by atoms with Crippen LogP contribution in [0.2, 0.25) is 0 Å². The van der Waals surface area contributed by atoms with E-state index in [4.69, 9.17) is 16.3 Å². The number of benzene rings is 2. The first-order valence-corrected chi connectivity index (χ1v) is 7.93. The van der Waals surface area contributed by atoms with E-state index in [2.05, 4.69) is 42.6 Å². The largest absolute Gasteiger partial charge is 0.494 e. The van der Waals surface area contributed by atoms with Crippen LogP contribution in [0.15, 0.2) is 42.5 Å². The van der Waals surface area contributed by atoms with E-state index in [1.807, 2.05) is 19.1 Å². The molecule has 2 aromatic rings. The molecule has 0 aliphatic heterocycles. The maximum absolute atomic E-state index is 5.98. The fourth-order valence-electron chi connectivity index (χ4n) is 2.19. The molecule has 0 fully saturated rings. The van der Waals surface area contributed by atoms with Gasteiger partial charge in [0.2, 0.25) is 0 Å². The van der Waals surface area contributed by atoms with Crippen molar-refractivity contribution in [3.8, 4) is 5.75 Å². The summed E-state index contributed by atoms with van der Waals surface area (Å²) >= 11 is 5.98. The van der Waals surface area contributed by atoms with Crippen molar-refractivity contribution in [3.05, 3.63) is 59.2 Å². The highest BCUT2D eigenvalue weighted by Crippen LogP contribution is 2.25. The summed E-state index contributed by atoms with van der Waals surface area (Å²) in [5.74, 6) is 1.32. The van der Waals surface area contributed by atoms with Crippen molar-refractivity contribution < 1.29 is 4.74 Å². The van der Waals surface area contributed by atoms with Crippen LogP contribution in [0.5, 0.6) is 5.75 Å². The lowest BCUT2D eigenvalue weighted by Crippen LogP contribution is -2.01. The Balaban J connectivity index is 2.01. The number of aryl methyl sites for hydroxylation is 1. The second kappa shape index (κ2) is 7.94. The molecule has 0 aliphatic carbocycles. The quantitative estimate of drug-likeness (QED) is 0.727. The summed E-state index contributed by atoms with van der Waals surface area (Å²) in [5, 5.41) is 3.43. The van der Waals surface area contributed by atoms with Crippen LogP contribution in [0.1, 0.15) is 30.5 Å². The maximum atomic E-state index is 5.98. The number of ether oxygens (including phenoxy) is 1. The molecule has 112 valence electrons. The zero-order valence-corrected chi connectivity index (χ0v) is 13.4. The molecule has 3 heteroatoms. The number of alkyl halides is 1. The van der Waals surface area contributed by atoms with Crippen LogP contribution >= 0.6 is 11.6 Å². The highest BCUT2D eigenvalue weighted by atomic mass is 35.5. The van der Waals surface area contributed by atoms with Gasteiger partial charge in [-0.1, -0.05) is 31.2 Å². The molecule has 0 saturated heterocycles. The number of anilines is 1. The highest BCUT2D eigenvalue weighted by molar-refractivity contribution is 6.17. The zero-order valence-electron chi connectivity index (χ0n) is 12.7. The van der Waals surface area contributed by atoms with Crippen LogP contribution in [0.4, 0.5) is 5.69 Å². The second-order valence-electron chi connectivity index (χ2n) is 4.91. The molecule has 0 amide bonds. The van der Waals surface area contributed by atoms with Crippen LogP contribution in [0, 0.1) is 0 Å². The fourth-order valence-corrected chi connectivity index (χ4v) is 2.40. The van der Waals surface area contributed by atoms with Gasteiger partial charge in [0.1, 0.15) is 5.75 Å². The van der Waals surface area contributed by atoms with E-state index >= 15 is 0 Å². The van der Waals surface area contributed by atoms with Gasteiger partial charge in [0.05, 0.1) is 12.5 Å². The Kier molecular flexibility index (Phi) is 5.94. The summed E-state index contributed by atoms with van der Waals surface area (Å²) in [6, 6.07) is 14.8. The molecule has 1 N–H and O–H groups in total. The van der Waals surface area contributed by atoms with Crippen LogP contribution in [0.25, 0.3) is 0 Å². The Hall–Kier alpha value is -1.67. The highest BCUT2D eigenvalue weighted by Gasteiger charge is 2.04. The summed E-state index contributed by atoms with van der Waals surface area (Å²) in [6.45, 7) is 5.60. The van der Waals surface area contributed by atoms with E-state index in [9.17, 15) is 0 Å². The molecule has 0 aromatic heterocycles. The van der Waals surface area contributed by atoms with Crippen molar-refractivity contribution in [3.63, 3.8) is 0 Å². The summed E-state index contributed by atoms with van der Waals surface area (Å²) < 4.78 is 5.56. The normalized spacial score (nSPS) is 10.4. The number of rotatable bonds is 7. The monoisotopic (exact) mass is 303 g/mol. The van der Waals surface area contributed by atoms with E-state index in [-0.39, 0.29) is 0 Å². The molecule has 0 bridgehead atoms. The number of halogens is 1. The second-order valence-corrected chi connectivity index (χ2v) is 5.18. The molecule has 0 atom stereocenters. The Morgan fingerprint density at radius 1 is 1.00 bits per heavy atom. The lowest BCUT2D eigenvalue weighted by molar-refractivity contribution is 0.337. The maximum Gasteiger partial charge on any atom is 0.123 e. The van der Waals surface area contributed by atoms with Crippen LogP contribution in [-0.2, 0) is 18.8 Å². The van der Waals surface area contributed by atoms with Crippen LogP contribution in [0.3, 0.4) is 0 Å². The van der Waals surface area contributed by atoms with E-state index in [0.717, 1.165) is 30.0 Å². The first-order valence-electron chi connectivity index (χ1n) is 7.40. The first-order chi connectivity index (χ1) is 10.3. The van der Waals surface area contributed by atoms with Gasteiger partial charge < -0.3 is 10.1 Å². The molecule has 2 aromatic carbocycles. The minimum absolute atomic E-state index is 0.454. The van der Waals surface area contributed by atoms with Crippen LogP contribution < -0.4 is 10.1 Å². The Labute approximate surface area is 132 Å². The number of nitrogens with one attached hydrogen (secondary N) is 1. The molecule has 0 heterocycles. The van der Waals surface area contributed by atoms with Crippen molar-refractivity contribution >= 4 is 17.3 Å². The Bertz CT molecular complexity index is 566. The average Bonchev–Trinajstić information content (AvgIpc) is 2.54. The molecule has 0 radical (unpaired) electrons. The van der Waals surface area contributed by atoms with E-state index in [1.165, 1.54) is 11.1 Å². The molecule has 0 saturated carbocycles. The topological polar surface area (TPSA) is 21.3 Å². The van der Waals surface area contributed by atoms with Gasteiger partial charge >= 0.3 is 0 Å². The van der Waals surface area contributed by atoms with Crippen molar-refractivity contribution in [2.75, 3.05) is 11.9 Å². The van der Waals surface area contributed by atoms with E-state index in [1.54, 1.807) is 0 Å². The Morgan fingerprint density at radius 2 is 1.71 bits per heavy atom. The lowest BCUT2D eigenvalue weighted by atomic mass is 10.1. The van der Waals surface area contributed by atoms with Crippen molar-refractivity contribution in [2.24, 2.45) is 0 Å². The summed E-state index contributed by atoms with van der Waals surface area (Å²) in [5.41, 5.74) is 4.72. The average molecular weight is 304 g/mol. The number of hydrogen-bond acceptors (Lipinski definition) is 2. The van der Waals surface area contributed by atoms with Crippen molar-refractivity contribution in [1.82, 2.24) is 0 Å². The zero-order chi connectivity index (χ0) is 15.1. The molecule has 0 spiro atoms. The third-order valence-electron chi connectivity index (χ3n) is 3.43. The minimum atomic E-state index is 0.454. The van der Waals surface area contributed by atoms with Gasteiger partial charge in [-0.3, -0.25) is 0 Å². The SMILES string of the molecule is CCOc1ccc(NCc2ccc(CC)cc2)cc1CCl. The van der Waals surface area contributed by atoms with Gasteiger partial charge in [0.25, 0.3) is 0 Å². The molecule has 0 unspecified atom stereocenters. The standard InChI is InChI=1S/C18H22ClNO/c1-3-14-5-7-15(8-6-14)13-20-17-9-10-18(21-4-2)16(11-17)12-19/h5-11,20H,3-4,12-13H2,1-2H3. The Morgan fingerprint density at radius 3 is 2.33 bits per heavy atom. The molecule has 2 nitrogen and oxygen atoms in total. The molecule has 2 rings (SSSR count). The predicted molar refractivity (Wildman–Crippen MR) is 90.3 cm³/mol. The molecule has 21 heavy (non-hydrogen) atoms. The van der Waals surface area contributed by atoms with Crippen molar-refractivity contribution in [2.45, 2.75) is 32.7 Å². The van der Waals surface area contributed by atoms with Crippen molar-refractivity contribution in [1.29, 1.82) is 0 Å². The lowest BCUT2D eigenvalue weighted by Gasteiger charge is -2.12. The fraction of sp³-hybridized carbons (Fsp3) is 0.333. The van der Waals surface area contributed by atoms with Gasteiger partial charge in [-0.05, 0) is 42.7 Å². The summed E-state index contributed by atoms with van der Waals surface area (Å²) in [7, 11) is 0. The minimum Gasteiger partial charge on any atom is -0.494 e.